The van der Waals surface area contributed by atoms with E-state index in [0.717, 1.165) is 17.0 Å². The maximum absolute atomic E-state index is 12.2. The molecule has 2 heterocycles. The summed E-state index contributed by atoms with van der Waals surface area (Å²) in [5.41, 5.74) is 3.24. The van der Waals surface area contributed by atoms with Crippen LogP contribution >= 0.6 is 11.6 Å². The van der Waals surface area contributed by atoms with Crippen LogP contribution in [0, 0.1) is 6.92 Å². The van der Waals surface area contributed by atoms with Gasteiger partial charge in [0.1, 0.15) is 5.15 Å². The van der Waals surface area contributed by atoms with Gasteiger partial charge in [-0.3, -0.25) is 9.78 Å². The molecule has 1 amide bonds. The molecule has 0 saturated carbocycles. The van der Waals surface area contributed by atoms with Crippen molar-refractivity contribution in [2.75, 3.05) is 0 Å². The van der Waals surface area contributed by atoms with Gasteiger partial charge in [0, 0.05) is 29.7 Å². The van der Waals surface area contributed by atoms with Gasteiger partial charge in [0.15, 0.2) is 0 Å². The number of aromatic nitrogens is 2. The Bertz CT molecular complexity index is 638. The topological polar surface area (TPSA) is 54.9 Å². The number of nitrogens with one attached hydrogen (secondary N) is 1. The average Bonchev–Trinajstić information content (AvgIpc) is 2.45. The van der Waals surface area contributed by atoms with Gasteiger partial charge >= 0.3 is 0 Å². The van der Waals surface area contributed by atoms with Crippen molar-refractivity contribution in [1.82, 2.24) is 15.3 Å². The third-order valence-electron chi connectivity index (χ3n) is 3.09. The van der Waals surface area contributed by atoms with E-state index < -0.39 is 0 Å². The van der Waals surface area contributed by atoms with Gasteiger partial charge in [-0.1, -0.05) is 31.5 Å². The molecule has 0 radical (unpaired) electrons. The van der Waals surface area contributed by atoms with Gasteiger partial charge in [-0.25, -0.2) is 4.98 Å². The number of aryl methyl sites for hydroxylation is 1. The summed E-state index contributed by atoms with van der Waals surface area (Å²) in [6.45, 7) is 6.38. The third-order valence-corrected chi connectivity index (χ3v) is 3.29. The lowest BCUT2D eigenvalue weighted by Crippen LogP contribution is -2.23. The first-order valence-electron chi connectivity index (χ1n) is 6.83. The maximum Gasteiger partial charge on any atom is 0.251 e. The van der Waals surface area contributed by atoms with Gasteiger partial charge in [-0.15, -0.1) is 0 Å². The summed E-state index contributed by atoms with van der Waals surface area (Å²) in [5.74, 6) is 0.0540. The summed E-state index contributed by atoms with van der Waals surface area (Å²) >= 11 is 5.97. The molecule has 0 bridgehead atoms. The minimum Gasteiger partial charge on any atom is -0.348 e. The Morgan fingerprint density at radius 2 is 2.10 bits per heavy atom. The normalized spacial score (nSPS) is 10.7. The van der Waals surface area contributed by atoms with Crippen LogP contribution in [0.2, 0.25) is 5.15 Å². The molecule has 21 heavy (non-hydrogen) atoms. The fraction of sp³-hybridized carbons (Fsp3) is 0.312. The number of carbonyl (C=O) groups is 1. The smallest absolute Gasteiger partial charge is 0.251 e. The second kappa shape index (κ2) is 6.68. The van der Waals surface area contributed by atoms with Gasteiger partial charge < -0.3 is 5.32 Å². The molecule has 0 aliphatic rings. The van der Waals surface area contributed by atoms with Gasteiger partial charge in [0.25, 0.3) is 5.91 Å². The Morgan fingerprint density at radius 3 is 2.71 bits per heavy atom. The first-order chi connectivity index (χ1) is 9.95. The van der Waals surface area contributed by atoms with E-state index >= 15 is 0 Å². The number of amides is 1. The highest BCUT2D eigenvalue weighted by atomic mass is 35.5. The molecule has 0 saturated heterocycles. The van der Waals surface area contributed by atoms with E-state index in [9.17, 15) is 4.79 Å². The predicted octanol–water partition coefficient (Wildman–Crippen LogP) is 3.49. The van der Waals surface area contributed by atoms with Gasteiger partial charge in [0.2, 0.25) is 0 Å². The zero-order valence-electron chi connectivity index (χ0n) is 12.4. The fourth-order valence-corrected chi connectivity index (χ4v) is 2.05. The van der Waals surface area contributed by atoms with Gasteiger partial charge in [0.05, 0.1) is 0 Å². The van der Waals surface area contributed by atoms with Crippen molar-refractivity contribution >= 4 is 17.5 Å². The van der Waals surface area contributed by atoms with Crippen molar-refractivity contribution in [3.05, 3.63) is 58.1 Å². The summed E-state index contributed by atoms with van der Waals surface area (Å²) in [6.07, 6.45) is 1.76. The minimum absolute atomic E-state index is 0.165. The monoisotopic (exact) mass is 303 g/mol. The Kier molecular flexibility index (Phi) is 4.91. The zero-order chi connectivity index (χ0) is 15.4. The molecule has 0 aliphatic heterocycles. The average molecular weight is 304 g/mol. The fourth-order valence-electron chi connectivity index (χ4n) is 1.83. The van der Waals surface area contributed by atoms with Gasteiger partial charge in [-0.05, 0) is 36.6 Å². The van der Waals surface area contributed by atoms with E-state index in [0.29, 0.717) is 17.3 Å². The highest BCUT2D eigenvalue weighted by Gasteiger charge is 2.11. The summed E-state index contributed by atoms with van der Waals surface area (Å²) in [4.78, 5) is 20.6. The molecule has 5 heteroatoms. The molecular formula is C16H18ClN3O. The van der Waals surface area contributed by atoms with Crippen molar-refractivity contribution in [2.24, 2.45) is 0 Å². The Balaban J connectivity index is 2.08. The van der Waals surface area contributed by atoms with Crippen molar-refractivity contribution in [2.45, 2.75) is 33.2 Å². The second-order valence-corrected chi connectivity index (χ2v) is 5.64. The van der Waals surface area contributed by atoms with Crippen LogP contribution in [0.25, 0.3) is 0 Å². The van der Waals surface area contributed by atoms with Crippen molar-refractivity contribution in [3.8, 4) is 0 Å². The molecule has 110 valence electrons. The Labute approximate surface area is 129 Å². The third kappa shape index (κ3) is 4.26. The molecule has 0 atom stereocenters. The van der Waals surface area contributed by atoms with Crippen LogP contribution in [0.3, 0.4) is 0 Å². The highest BCUT2D eigenvalue weighted by molar-refractivity contribution is 6.29. The molecular weight excluding hydrogens is 286 g/mol. The number of pyridine rings is 2. The first-order valence-corrected chi connectivity index (χ1v) is 7.20. The molecule has 4 nitrogen and oxygen atoms in total. The van der Waals surface area contributed by atoms with E-state index in [1.165, 1.54) is 0 Å². The SMILES string of the molecule is Cc1ccc(CNC(=O)c2cc(Cl)nc(C(C)C)c2)cn1. The Hall–Kier alpha value is -1.94. The quantitative estimate of drug-likeness (QED) is 0.880. The lowest BCUT2D eigenvalue weighted by molar-refractivity contribution is 0.0950. The molecule has 0 fully saturated rings. The van der Waals surface area contributed by atoms with Gasteiger partial charge in [-0.2, -0.15) is 0 Å². The number of carbonyl (C=O) groups excluding carboxylic acids is 1. The molecule has 1 N–H and O–H groups in total. The summed E-state index contributed by atoms with van der Waals surface area (Å²) in [6, 6.07) is 7.22. The van der Waals surface area contributed by atoms with Crippen LogP contribution in [0.5, 0.6) is 0 Å². The summed E-state index contributed by atoms with van der Waals surface area (Å²) in [5, 5.41) is 3.20. The van der Waals surface area contributed by atoms with Crippen LogP contribution in [0.1, 0.15) is 47.1 Å². The van der Waals surface area contributed by atoms with Crippen LogP contribution in [0.4, 0.5) is 0 Å². The van der Waals surface area contributed by atoms with Crippen molar-refractivity contribution in [3.63, 3.8) is 0 Å². The van der Waals surface area contributed by atoms with E-state index in [2.05, 4.69) is 15.3 Å². The molecule has 0 aromatic carbocycles. The molecule has 2 rings (SSSR count). The number of nitrogens with zero attached hydrogens (tertiary/aromatic N) is 2. The van der Waals surface area contributed by atoms with Crippen molar-refractivity contribution in [1.29, 1.82) is 0 Å². The molecule has 2 aromatic rings. The summed E-state index contributed by atoms with van der Waals surface area (Å²) in [7, 11) is 0. The second-order valence-electron chi connectivity index (χ2n) is 5.25. The maximum atomic E-state index is 12.2. The van der Waals surface area contributed by atoms with Crippen LogP contribution < -0.4 is 5.32 Å². The number of hydrogen-bond donors (Lipinski definition) is 1. The van der Waals surface area contributed by atoms with Crippen LogP contribution in [0.15, 0.2) is 30.5 Å². The predicted molar refractivity (Wildman–Crippen MR) is 83.5 cm³/mol. The molecule has 0 aliphatic carbocycles. The largest absolute Gasteiger partial charge is 0.348 e. The first kappa shape index (κ1) is 15.4. The standard InChI is InChI=1S/C16H18ClN3O/c1-10(2)14-6-13(7-15(17)20-14)16(21)19-9-12-5-4-11(3)18-8-12/h4-8,10H,9H2,1-3H3,(H,19,21). The van der Waals surface area contributed by atoms with E-state index in [1.54, 1.807) is 18.3 Å². The van der Waals surface area contributed by atoms with Crippen molar-refractivity contribution < 1.29 is 4.79 Å². The number of hydrogen-bond acceptors (Lipinski definition) is 3. The van der Waals surface area contributed by atoms with E-state index in [4.69, 9.17) is 11.6 Å². The minimum atomic E-state index is -0.165. The molecule has 0 unspecified atom stereocenters. The zero-order valence-corrected chi connectivity index (χ0v) is 13.1. The van der Waals surface area contributed by atoms with E-state index in [-0.39, 0.29) is 11.8 Å². The number of rotatable bonds is 4. The number of halogens is 1. The van der Waals surface area contributed by atoms with Crippen LogP contribution in [-0.2, 0) is 6.54 Å². The lowest BCUT2D eigenvalue weighted by Gasteiger charge is -2.09. The van der Waals surface area contributed by atoms with E-state index in [1.807, 2.05) is 32.9 Å². The Morgan fingerprint density at radius 1 is 1.33 bits per heavy atom. The lowest BCUT2D eigenvalue weighted by atomic mass is 10.1. The molecule has 0 spiro atoms. The van der Waals surface area contributed by atoms with Crippen LogP contribution in [-0.4, -0.2) is 15.9 Å². The highest BCUT2D eigenvalue weighted by Crippen LogP contribution is 2.17. The molecule has 2 aromatic heterocycles. The summed E-state index contributed by atoms with van der Waals surface area (Å²) < 4.78 is 0.